The molecule has 18 heavy (non-hydrogen) atoms. The van der Waals surface area contributed by atoms with Crippen molar-refractivity contribution in [2.45, 2.75) is 38.8 Å². The van der Waals surface area contributed by atoms with Gasteiger partial charge in [0.1, 0.15) is 11.6 Å². The molecule has 0 radical (unpaired) electrons. The summed E-state index contributed by atoms with van der Waals surface area (Å²) >= 11 is 0. The van der Waals surface area contributed by atoms with E-state index in [1.807, 2.05) is 46.0 Å². The van der Waals surface area contributed by atoms with Crippen LogP contribution in [0.1, 0.15) is 37.9 Å². The van der Waals surface area contributed by atoms with Crippen LogP contribution in [0.25, 0.3) is 0 Å². The molecule has 0 spiro atoms. The largest absolute Gasteiger partial charge is 0.459 e. The first-order chi connectivity index (χ1) is 8.38. The molecule has 0 N–H and O–H groups in total. The molecule has 0 saturated carbocycles. The smallest absolute Gasteiger partial charge is 0.328 e. The van der Waals surface area contributed by atoms with Gasteiger partial charge in [0.25, 0.3) is 0 Å². The number of benzene rings is 1. The van der Waals surface area contributed by atoms with Crippen LogP contribution in [0.15, 0.2) is 24.3 Å². The van der Waals surface area contributed by atoms with E-state index in [1.165, 1.54) is 5.56 Å². The highest BCUT2D eigenvalue weighted by atomic mass is 16.6. The lowest BCUT2D eigenvalue weighted by Gasteiger charge is -2.34. The zero-order chi connectivity index (χ0) is 13.3. The highest BCUT2D eigenvalue weighted by molar-refractivity contribution is 5.79. The number of carbonyl (C=O) groups is 1. The Balaban J connectivity index is 2.29. The zero-order valence-corrected chi connectivity index (χ0v) is 11.6. The van der Waals surface area contributed by atoms with Crippen molar-refractivity contribution in [3.05, 3.63) is 35.4 Å². The molecule has 1 aliphatic heterocycles. The highest BCUT2D eigenvalue weighted by Crippen LogP contribution is 2.30. The Labute approximate surface area is 109 Å². The molecule has 1 aliphatic rings. The van der Waals surface area contributed by atoms with E-state index in [0.717, 1.165) is 18.5 Å². The topological polar surface area (TPSA) is 29.5 Å². The Morgan fingerprint density at radius 3 is 2.67 bits per heavy atom. The molecule has 3 heteroatoms. The first kappa shape index (κ1) is 13.1. The van der Waals surface area contributed by atoms with Crippen molar-refractivity contribution >= 4 is 5.97 Å². The number of ether oxygens (including phenoxy) is 1. The van der Waals surface area contributed by atoms with Crippen LogP contribution < -0.4 is 0 Å². The van der Waals surface area contributed by atoms with Crippen LogP contribution >= 0.6 is 0 Å². The third-order valence-electron chi connectivity index (χ3n) is 3.15. The maximum atomic E-state index is 12.3. The maximum absolute atomic E-state index is 12.3. The maximum Gasteiger partial charge on any atom is 0.328 e. The standard InChI is InChI=1S/C15H21NO2/c1-15(2,3)18-14(17)13-12-8-6-5-7-11(12)9-10-16(13)4/h5-8,13H,9-10H2,1-4H3. The van der Waals surface area contributed by atoms with Gasteiger partial charge in [-0.2, -0.15) is 0 Å². The number of carbonyl (C=O) groups excluding carboxylic acids is 1. The van der Waals surface area contributed by atoms with Crippen molar-refractivity contribution in [1.82, 2.24) is 4.90 Å². The van der Waals surface area contributed by atoms with E-state index >= 15 is 0 Å². The van der Waals surface area contributed by atoms with Crippen LogP contribution in [0.3, 0.4) is 0 Å². The molecule has 1 aromatic rings. The van der Waals surface area contributed by atoms with Gasteiger partial charge in [-0.3, -0.25) is 4.90 Å². The molecule has 3 nitrogen and oxygen atoms in total. The van der Waals surface area contributed by atoms with E-state index in [0.29, 0.717) is 0 Å². The molecule has 0 bridgehead atoms. The molecular formula is C15H21NO2. The third kappa shape index (κ3) is 2.72. The zero-order valence-electron chi connectivity index (χ0n) is 11.6. The van der Waals surface area contributed by atoms with E-state index in [9.17, 15) is 4.79 Å². The number of rotatable bonds is 1. The van der Waals surface area contributed by atoms with E-state index < -0.39 is 5.60 Å². The summed E-state index contributed by atoms with van der Waals surface area (Å²) in [6.07, 6.45) is 0.992. The summed E-state index contributed by atoms with van der Waals surface area (Å²) in [5.41, 5.74) is 1.90. The van der Waals surface area contributed by atoms with Crippen LogP contribution in [-0.4, -0.2) is 30.1 Å². The second kappa shape index (κ2) is 4.73. The van der Waals surface area contributed by atoms with Crippen molar-refractivity contribution in [3.8, 4) is 0 Å². The lowest BCUT2D eigenvalue weighted by Crippen LogP contribution is -2.40. The van der Waals surface area contributed by atoms with Gasteiger partial charge < -0.3 is 4.74 Å². The molecule has 2 rings (SSSR count). The Morgan fingerprint density at radius 1 is 1.33 bits per heavy atom. The molecular weight excluding hydrogens is 226 g/mol. The van der Waals surface area contributed by atoms with Gasteiger partial charge in [-0.25, -0.2) is 4.79 Å². The van der Waals surface area contributed by atoms with Gasteiger partial charge in [-0.1, -0.05) is 24.3 Å². The Hall–Kier alpha value is -1.35. The molecule has 1 heterocycles. The highest BCUT2D eigenvalue weighted by Gasteiger charge is 2.33. The minimum absolute atomic E-state index is 0.155. The van der Waals surface area contributed by atoms with Crippen molar-refractivity contribution in [2.75, 3.05) is 13.6 Å². The first-order valence-electron chi connectivity index (χ1n) is 6.39. The fraction of sp³-hybridized carbons (Fsp3) is 0.533. The van der Waals surface area contributed by atoms with Crippen LogP contribution in [-0.2, 0) is 16.0 Å². The summed E-state index contributed by atoms with van der Waals surface area (Å²) in [5.74, 6) is -0.155. The summed E-state index contributed by atoms with van der Waals surface area (Å²) in [7, 11) is 1.98. The molecule has 0 aliphatic carbocycles. The number of hydrogen-bond acceptors (Lipinski definition) is 3. The van der Waals surface area contributed by atoms with Crippen LogP contribution in [0, 0.1) is 0 Å². The van der Waals surface area contributed by atoms with Crippen LogP contribution in [0.4, 0.5) is 0 Å². The monoisotopic (exact) mass is 247 g/mol. The van der Waals surface area contributed by atoms with E-state index in [-0.39, 0.29) is 12.0 Å². The minimum atomic E-state index is -0.440. The number of nitrogens with zero attached hydrogens (tertiary/aromatic N) is 1. The second-order valence-electron chi connectivity index (χ2n) is 5.87. The Bertz CT molecular complexity index is 448. The Morgan fingerprint density at radius 2 is 2.00 bits per heavy atom. The summed E-state index contributed by atoms with van der Waals surface area (Å²) in [6.45, 7) is 6.60. The molecule has 1 unspecified atom stereocenters. The van der Waals surface area contributed by atoms with Crippen molar-refractivity contribution in [1.29, 1.82) is 0 Å². The average molecular weight is 247 g/mol. The van der Waals surface area contributed by atoms with E-state index in [4.69, 9.17) is 4.74 Å². The molecule has 0 aromatic heterocycles. The Kier molecular flexibility index (Phi) is 3.44. The average Bonchev–Trinajstić information content (AvgIpc) is 2.26. The second-order valence-corrected chi connectivity index (χ2v) is 5.87. The minimum Gasteiger partial charge on any atom is -0.459 e. The SMILES string of the molecule is CN1CCc2ccccc2C1C(=O)OC(C)(C)C. The molecule has 98 valence electrons. The lowest BCUT2D eigenvalue weighted by molar-refractivity contribution is -0.161. The van der Waals surface area contributed by atoms with Gasteiger partial charge in [0.15, 0.2) is 0 Å². The fourth-order valence-corrected chi connectivity index (χ4v) is 2.36. The van der Waals surface area contributed by atoms with Gasteiger partial charge in [-0.15, -0.1) is 0 Å². The predicted octanol–water partition coefficient (Wildman–Crippen LogP) is 2.56. The number of hydrogen-bond donors (Lipinski definition) is 0. The van der Waals surface area contributed by atoms with Crippen molar-refractivity contribution in [2.24, 2.45) is 0 Å². The predicted molar refractivity (Wildman–Crippen MR) is 71.4 cm³/mol. The van der Waals surface area contributed by atoms with Crippen molar-refractivity contribution in [3.63, 3.8) is 0 Å². The molecule has 1 aromatic carbocycles. The third-order valence-corrected chi connectivity index (χ3v) is 3.15. The fourth-order valence-electron chi connectivity index (χ4n) is 2.36. The number of esters is 1. The summed E-state index contributed by atoms with van der Waals surface area (Å²) in [6, 6.07) is 7.86. The van der Waals surface area contributed by atoms with Gasteiger partial charge in [0, 0.05) is 6.54 Å². The quantitative estimate of drug-likeness (QED) is 0.714. The van der Waals surface area contributed by atoms with Gasteiger partial charge in [0.05, 0.1) is 0 Å². The van der Waals surface area contributed by atoms with E-state index in [1.54, 1.807) is 0 Å². The number of fused-ring (bicyclic) bond motifs is 1. The van der Waals surface area contributed by atoms with Gasteiger partial charge >= 0.3 is 5.97 Å². The molecule has 0 amide bonds. The summed E-state index contributed by atoms with van der Waals surface area (Å²) in [4.78, 5) is 14.4. The molecule has 1 atom stereocenters. The number of likely N-dealkylation sites (N-methyl/N-ethyl adjacent to an activating group) is 1. The first-order valence-corrected chi connectivity index (χ1v) is 6.39. The lowest BCUT2D eigenvalue weighted by atomic mass is 9.93. The molecule has 0 saturated heterocycles. The van der Waals surface area contributed by atoms with Crippen LogP contribution in [0.5, 0.6) is 0 Å². The van der Waals surface area contributed by atoms with Gasteiger partial charge in [-0.05, 0) is 45.4 Å². The normalized spacial score (nSPS) is 20.3. The summed E-state index contributed by atoms with van der Waals surface area (Å²) in [5, 5.41) is 0. The van der Waals surface area contributed by atoms with E-state index in [2.05, 4.69) is 11.0 Å². The molecule has 0 fully saturated rings. The van der Waals surface area contributed by atoms with Gasteiger partial charge in [0.2, 0.25) is 0 Å². The van der Waals surface area contributed by atoms with Crippen LogP contribution in [0.2, 0.25) is 0 Å². The van der Waals surface area contributed by atoms with Crippen molar-refractivity contribution < 1.29 is 9.53 Å². The summed E-state index contributed by atoms with van der Waals surface area (Å²) < 4.78 is 5.52.